The molecule has 2 aromatic rings. The fourth-order valence-corrected chi connectivity index (χ4v) is 2.53. The summed E-state index contributed by atoms with van der Waals surface area (Å²) in [7, 11) is 0. The minimum atomic E-state index is -1.13. The number of hydrogen-bond donors (Lipinski definition) is 8. The largest absolute Gasteiger partial charge is 0.478 e. The third-order valence-corrected chi connectivity index (χ3v) is 4.28. The smallest absolute Gasteiger partial charge is 0.335 e. The van der Waals surface area contributed by atoms with Crippen LogP contribution >= 0.6 is 0 Å². The first-order chi connectivity index (χ1) is 18.7. The predicted molar refractivity (Wildman–Crippen MR) is 138 cm³/mol. The third-order valence-electron chi connectivity index (χ3n) is 4.28. The van der Waals surface area contributed by atoms with E-state index in [0.717, 1.165) is 12.2 Å². The van der Waals surface area contributed by atoms with Crippen LogP contribution in [-0.2, 0) is 22.4 Å². The number of aliphatic carboxylic acids is 2. The molecule has 0 aliphatic rings. The van der Waals surface area contributed by atoms with Crippen molar-refractivity contribution in [2.24, 2.45) is 0 Å². The van der Waals surface area contributed by atoms with Gasteiger partial charge in [0, 0.05) is 25.4 Å². The van der Waals surface area contributed by atoms with Crippen molar-refractivity contribution in [1.29, 1.82) is 0 Å². The van der Waals surface area contributed by atoms with Crippen LogP contribution in [0.4, 0.5) is 0 Å². The van der Waals surface area contributed by atoms with Gasteiger partial charge in [-0.2, -0.15) is 0 Å². The number of hydrogen-bond acceptors (Lipinski definition) is 8. The number of benzene rings is 2. The number of aromatic carboxylic acids is 4. The number of carboxylic acids is 6. The van der Waals surface area contributed by atoms with Crippen molar-refractivity contribution in [3.8, 4) is 0 Å². The Kier molecular flexibility index (Phi) is 18.2. The van der Waals surface area contributed by atoms with E-state index in [9.17, 15) is 28.8 Å². The highest BCUT2D eigenvalue weighted by Crippen LogP contribution is 2.14. The van der Waals surface area contributed by atoms with Gasteiger partial charge in [-0.25, -0.2) is 28.8 Å². The highest BCUT2D eigenvalue weighted by molar-refractivity contribution is 5.94. The van der Waals surface area contributed by atoms with Gasteiger partial charge < -0.3 is 40.9 Å². The normalized spacial score (nSPS) is 9.05. The summed E-state index contributed by atoms with van der Waals surface area (Å²) in [6, 6.07) is 7.46. The zero-order valence-corrected chi connectivity index (χ0v) is 20.9. The van der Waals surface area contributed by atoms with Gasteiger partial charge in [0.2, 0.25) is 0 Å². The highest BCUT2D eigenvalue weighted by atomic mass is 16.4. The zero-order valence-electron chi connectivity index (χ0n) is 20.9. The molecule has 0 atom stereocenters. The summed E-state index contributed by atoms with van der Waals surface area (Å²) >= 11 is 0. The summed E-state index contributed by atoms with van der Waals surface area (Å²) in [6.45, 7) is 5.48. The molecule has 0 radical (unpaired) electrons. The Balaban J connectivity index is 0. The Morgan fingerprint density at radius 2 is 0.825 bits per heavy atom. The Morgan fingerprint density at radius 3 is 1.00 bits per heavy atom. The molecule has 0 saturated carbocycles. The van der Waals surface area contributed by atoms with E-state index in [1.807, 2.05) is 0 Å². The molecule has 0 amide bonds. The molecule has 0 spiro atoms. The Labute approximate surface area is 227 Å². The topological polar surface area (TPSA) is 264 Å². The van der Waals surface area contributed by atoms with Gasteiger partial charge in [-0.15, -0.1) is 0 Å². The number of aliphatic hydroxyl groups excluding tert-OH is 2. The number of rotatable bonds is 10. The van der Waals surface area contributed by atoms with Crippen LogP contribution in [0.2, 0.25) is 0 Å². The lowest BCUT2D eigenvalue weighted by molar-refractivity contribution is -0.132. The molecule has 0 saturated heterocycles. The minimum Gasteiger partial charge on any atom is -0.478 e. The van der Waals surface area contributed by atoms with Gasteiger partial charge >= 0.3 is 35.8 Å². The van der Waals surface area contributed by atoms with E-state index in [-0.39, 0.29) is 48.3 Å². The molecule has 14 heteroatoms. The first-order valence-electron chi connectivity index (χ1n) is 10.8. The molecule has 0 fully saturated rings. The maximum Gasteiger partial charge on any atom is 0.335 e. The van der Waals surface area contributed by atoms with Crippen molar-refractivity contribution < 1.29 is 69.6 Å². The molecule has 2 rings (SSSR count). The molecule has 216 valence electrons. The van der Waals surface area contributed by atoms with Crippen LogP contribution in [0.3, 0.4) is 0 Å². The summed E-state index contributed by atoms with van der Waals surface area (Å²) in [4.78, 5) is 61.3. The SMILES string of the molecule is C=CC(=O)O.C=CC(=O)O.O=C(O)c1ccc(C(=O)O)c(CCO)c1.O=C(O)c1ccc(C(=O)O)c(CCO)c1. The van der Waals surface area contributed by atoms with Gasteiger partial charge in [-0.1, -0.05) is 13.2 Å². The van der Waals surface area contributed by atoms with E-state index < -0.39 is 35.8 Å². The van der Waals surface area contributed by atoms with E-state index in [1.165, 1.54) is 36.4 Å². The quantitative estimate of drug-likeness (QED) is 0.191. The maximum absolute atomic E-state index is 10.7. The standard InChI is InChI=1S/2C10H10O5.2C3H4O2/c2*11-4-3-6-5-7(9(12)13)1-2-8(6)10(14)15;2*1-2-3(4)5/h2*1-2,5,11H,3-4H2,(H,12,13)(H,14,15);2*2H,1H2,(H,4,5). The average molecular weight is 564 g/mol. The number of carboxylic acid groups (broad SMARTS) is 6. The van der Waals surface area contributed by atoms with Crippen molar-refractivity contribution in [2.75, 3.05) is 13.2 Å². The lowest BCUT2D eigenvalue weighted by Crippen LogP contribution is -2.07. The molecule has 0 unspecified atom stereocenters. The molecule has 8 N–H and O–H groups in total. The van der Waals surface area contributed by atoms with Crippen LogP contribution in [0, 0.1) is 0 Å². The van der Waals surface area contributed by atoms with Crippen molar-refractivity contribution in [3.63, 3.8) is 0 Å². The Morgan fingerprint density at radius 1 is 0.550 bits per heavy atom. The van der Waals surface area contributed by atoms with Gasteiger partial charge in [0.1, 0.15) is 0 Å². The summed E-state index contributed by atoms with van der Waals surface area (Å²) in [6.07, 6.45) is 1.92. The van der Waals surface area contributed by atoms with Crippen LogP contribution in [0.1, 0.15) is 52.6 Å². The van der Waals surface area contributed by atoms with Gasteiger partial charge in [0.05, 0.1) is 22.3 Å². The van der Waals surface area contributed by atoms with Crippen LogP contribution in [0.25, 0.3) is 0 Å². The minimum absolute atomic E-state index is 0.0171. The summed E-state index contributed by atoms with van der Waals surface area (Å²) in [5, 5.41) is 67.6. The Bertz CT molecular complexity index is 1130. The second kappa shape index (κ2) is 19.7. The first kappa shape index (κ1) is 36.8. The van der Waals surface area contributed by atoms with Crippen LogP contribution < -0.4 is 0 Å². The Hall–Kier alpha value is -5.34. The second-order valence-corrected chi connectivity index (χ2v) is 7.00. The van der Waals surface area contributed by atoms with E-state index in [0.29, 0.717) is 11.1 Å². The van der Waals surface area contributed by atoms with E-state index >= 15 is 0 Å². The first-order valence-corrected chi connectivity index (χ1v) is 10.8. The third kappa shape index (κ3) is 15.0. The number of carbonyl (C=O) groups is 6. The molecule has 0 heterocycles. The monoisotopic (exact) mass is 564 g/mol. The summed E-state index contributed by atoms with van der Waals surface area (Å²) in [5.41, 5.74) is 0.727. The van der Waals surface area contributed by atoms with Crippen LogP contribution in [0.5, 0.6) is 0 Å². The van der Waals surface area contributed by atoms with Crippen molar-refractivity contribution >= 4 is 35.8 Å². The predicted octanol–water partition coefficient (Wildman–Crippen LogP) is 1.75. The summed E-state index contributed by atoms with van der Waals surface area (Å²) < 4.78 is 0. The highest BCUT2D eigenvalue weighted by Gasteiger charge is 2.13. The average Bonchev–Trinajstić information content (AvgIpc) is 2.89. The van der Waals surface area contributed by atoms with E-state index in [2.05, 4.69) is 13.2 Å². The van der Waals surface area contributed by atoms with E-state index in [4.69, 9.17) is 40.9 Å². The molecule has 0 aromatic heterocycles. The molecule has 2 aromatic carbocycles. The molecule has 40 heavy (non-hydrogen) atoms. The zero-order chi connectivity index (χ0) is 31.4. The summed E-state index contributed by atoms with van der Waals surface area (Å²) in [5.74, 6) is -6.46. The molecule has 0 aliphatic carbocycles. The van der Waals surface area contributed by atoms with E-state index in [1.54, 1.807) is 0 Å². The van der Waals surface area contributed by atoms with Gasteiger partial charge in [0.15, 0.2) is 0 Å². The molecular formula is C26H28O14. The lowest BCUT2D eigenvalue weighted by atomic mass is 10.0. The van der Waals surface area contributed by atoms with Gasteiger partial charge in [0.25, 0.3) is 0 Å². The number of aliphatic hydroxyl groups is 2. The van der Waals surface area contributed by atoms with Crippen LogP contribution in [0.15, 0.2) is 61.7 Å². The fraction of sp³-hybridized carbons (Fsp3) is 0.154. The second-order valence-electron chi connectivity index (χ2n) is 7.00. The molecular weight excluding hydrogens is 536 g/mol. The van der Waals surface area contributed by atoms with Gasteiger partial charge in [-0.05, 0) is 60.4 Å². The van der Waals surface area contributed by atoms with Crippen molar-refractivity contribution in [3.05, 3.63) is 95.1 Å². The van der Waals surface area contributed by atoms with Crippen molar-refractivity contribution in [2.45, 2.75) is 12.8 Å². The van der Waals surface area contributed by atoms with Crippen molar-refractivity contribution in [1.82, 2.24) is 0 Å². The molecule has 0 bridgehead atoms. The lowest BCUT2D eigenvalue weighted by Gasteiger charge is -2.05. The van der Waals surface area contributed by atoms with Gasteiger partial charge in [-0.3, -0.25) is 0 Å². The fourth-order valence-electron chi connectivity index (χ4n) is 2.53. The molecule has 14 nitrogen and oxygen atoms in total. The van der Waals surface area contributed by atoms with Crippen LogP contribution in [-0.4, -0.2) is 89.9 Å². The molecule has 0 aliphatic heterocycles. The maximum atomic E-state index is 10.7.